The molecule has 3 rings (SSSR count). The van der Waals surface area contributed by atoms with Crippen molar-refractivity contribution >= 4 is 57.5 Å². The first-order chi connectivity index (χ1) is 10.9. The Morgan fingerprint density at radius 1 is 1.26 bits per heavy atom. The monoisotopic (exact) mass is 467 g/mol. The molecule has 0 atom stereocenters. The topological polar surface area (TPSA) is 57.1 Å². The van der Waals surface area contributed by atoms with Crippen LogP contribution in [0.15, 0.2) is 28.8 Å². The molecule has 8 heteroatoms. The maximum atomic E-state index is 12.1. The summed E-state index contributed by atoms with van der Waals surface area (Å²) < 4.78 is 17.7. The van der Waals surface area contributed by atoms with E-state index < -0.39 is 5.79 Å². The van der Waals surface area contributed by atoms with Gasteiger partial charge in [-0.25, -0.2) is 4.99 Å². The molecule has 23 heavy (non-hydrogen) atoms. The van der Waals surface area contributed by atoms with Crippen molar-refractivity contribution in [3.8, 4) is 5.75 Å². The van der Waals surface area contributed by atoms with Gasteiger partial charge < -0.3 is 14.2 Å². The number of carbonyl (C=O) groups excluding carboxylic acids is 1. The van der Waals surface area contributed by atoms with E-state index in [1.54, 1.807) is 19.1 Å². The van der Waals surface area contributed by atoms with Gasteiger partial charge in [0.2, 0.25) is 5.90 Å². The predicted molar refractivity (Wildman–Crippen MR) is 95.5 cm³/mol. The number of dihydropyridines is 1. The Morgan fingerprint density at radius 2 is 1.87 bits per heavy atom. The van der Waals surface area contributed by atoms with Crippen LogP contribution in [-0.2, 0) is 14.3 Å². The summed E-state index contributed by atoms with van der Waals surface area (Å²) in [4.78, 5) is 16.2. The lowest BCUT2D eigenvalue weighted by atomic mass is 10.0. The Kier molecular flexibility index (Phi) is 4.98. The van der Waals surface area contributed by atoms with Gasteiger partial charge in [0.1, 0.15) is 6.54 Å². The fraction of sp³-hybridized carbons (Fsp3) is 0.333. The van der Waals surface area contributed by atoms with Crippen molar-refractivity contribution in [2.45, 2.75) is 12.7 Å². The van der Waals surface area contributed by atoms with Gasteiger partial charge in [-0.15, -0.1) is 0 Å². The van der Waals surface area contributed by atoms with Crippen molar-refractivity contribution in [3.63, 3.8) is 0 Å². The molecule has 1 aromatic carbocycles. The number of hydrogen-bond donors (Lipinski definition) is 0. The second-order valence-corrected chi connectivity index (χ2v) is 7.14. The number of halogens is 3. The summed E-state index contributed by atoms with van der Waals surface area (Å²) in [5.41, 5.74) is 0.373. The molecule has 0 aliphatic carbocycles. The van der Waals surface area contributed by atoms with Gasteiger partial charge in [0.05, 0.1) is 28.8 Å². The van der Waals surface area contributed by atoms with E-state index in [0.29, 0.717) is 34.6 Å². The summed E-state index contributed by atoms with van der Waals surface area (Å²) in [5.74, 6) is -0.691. The lowest BCUT2D eigenvalue weighted by Gasteiger charge is -2.26. The maximum Gasteiger partial charge on any atom is 0.215 e. The molecular weight excluding hydrogens is 456 g/mol. The first kappa shape index (κ1) is 17.2. The van der Waals surface area contributed by atoms with E-state index in [1.165, 1.54) is 6.08 Å². The van der Waals surface area contributed by atoms with Crippen LogP contribution in [0.25, 0.3) is 0 Å². The van der Waals surface area contributed by atoms with Crippen LogP contribution in [0, 0.1) is 3.57 Å². The van der Waals surface area contributed by atoms with E-state index in [2.05, 4.69) is 27.6 Å². The predicted octanol–water partition coefficient (Wildman–Crippen LogP) is 3.65. The third-order valence-corrected chi connectivity index (χ3v) is 4.63. The maximum absolute atomic E-state index is 12.1. The molecule has 5 nitrogen and oxygen atoms in total. The average molecular weight is 468 g/mol. The Bertz CT molecular complexity index is 703. The molecule has 1 saturated heterocycles. The Balaban J connectivity index is 1.90. The van der Waals surface area contributed by atoms with E-state index in [1.807, 2.05) is 0 Å². The van der Waals surface area contributed by atoms with Crippen LogP contribution in [0.1, 0.15) is 6.92 Å². The number of carbonyl (C=O) groups is 1. The van der Waals surface area contributed by atoms with Crippen LogP contribution in [-0.4, -0.2) is 37.2 Å². The molecule has 1 aromatic rings. The third kappa shape index (κ3) is 3.56. The van der Waals surface area contributed by atoms with Crippen molar-refractivity contribution in [2.24, 2.45) is 4.99 Å². The zero-order valence-corrected chi connectivity index (χ0v) is 15.7. The minimum atomic E-state index is -1.07. The van der Waals surface area contributed by atoms with Crippen molar-refractivity contribution in [3.05, 3.63) is 37.4 Å². The summed E-state index contributed by atoms with van der Waals surface area (Å²) in [6.45, 7) is 2.53. The highest BCUT2D eigenvalue weighted by Crippen LogP contribution is 2.36. The molecule has 0 bridgehead atoms. The smallest absolute Gasteiger partial charge is 0.215 e. The molecule has 0 N–H and O–H groups in total. The molecular formula is C15H12Cl2INO4. The highest BCUT2D eigenvalue weighted by atomic mass is 127. The van der Waals surface area contributed by atoms with Crippen molar-refractivity contribution in [2.75, 3.05) is 19.8 Å². The molecule has 0 radical (unpaired) electrons. The summed E-state index contributed by atoms with van der Waals surface area (Å²) in [6, 6.07) is 3.46. The van der Waals surface area contributed by atoms with Crippen molar-refractivity contribution in [1.29, 1.82) is 0 Å². The summed E-state index contributed by atoms with van der Waals surface area (Å²) in [7, 11) is 0. The SMILES string of the molecule is CC1(C2=CC(Oc3c(Cl)cc(I)cc3Cl)=NCC2=O)OCCO1. The molecule has 2 heterocycles. The zero-order chi connectivity index (χ0) is 16.6. The number of rotatable bonds is 2. The molecule has 2 aliphatic rings. The highest BCUT2D eigenvalue weighted by Gasteiger charge is 2.40. The molecule has 2 aliphatic heterocycles. The Morgan fingerprint density at radius 3 is 2.48 bits per heavy atom. The lowest BCUT2D eigenvalue weighted by Crippen LogP contribution is -2.36. The number of aliphatic imine (C=N–C) groups is 1. The van der Waals surface area contributed by atoms with Gasteiger partial charge in [-0.2, -0.15) is 0 Å². The molecule has 0 amide bonds. The fourth-order valence-corrected chi connectivity index (χ4v) is 3.89. The summed E-state index contributed by atoms with van der Waals surface area (Å²) in [5, 5.41) is 0.743. The van der Waals surface area contributed by atoms with Crippen LogP contribution >= 0.6 is 45.8 Å². The first-order valence-corrected chi connectivity index (χ1v) is 8.63. The minimum Gasteiger partial charge on any atom is -0.436 e. The quantitative estimate of drug-likeness (QED) is 0.623. The molecule has 1 fully saturated rings. The van der Waals surface area contributed by atoms with Crippen LogP contribution in [0.3, 0.4) is 0 Å². The molecule has 0 spiro atoms. The Labute approximate surface area is 156 Å². The minimum absolute atomic E-state index is 0.0386. The van der Waals surface area contributed by atoms with Gasteiger partial charge >= 0.3 is 0 Å². The highest BCUT2D eigenvalue weighted by molar-refractivity contribution is 14.1. The largest absolute Gasteiger partial charge is 0.436 e. The summed E-state index contributed by atoms with van der Waals surface area (Å²) >= 11 is 14.4. The number of ether oxygens (including phenoxy) is 3. The van der Waals surface area contributed by atoms with Gasteiger partial charge in [0.15, 0.2) is 17.3 Å². The number of nitrogens with zero attached hydrogens (tertiary/aromatic N) is 1. The number of hydrogen-bond acceptors (Lipinski definition) is 5. The lowest BCUT2D eigenvalue weighted by molar-refractivity contribution is -0.132. The van der Waals surface area contributed by atoms with Gasteiger partial charge in [0, 0.05) is 9.65 Å². The first-order valence-electron chi connectivity index (χ1n) is 6.79. The standard InChI is InChI=1S/C15H12Cl2INO4/c1-15(21-2-3-22-15)9-6-13(19-7-12(9)20)23-14-10(16)4-8(18)5-11(14)17/h4-6H,2-3,7H2,1H3. The normalized spacial score (nSPS) is 20.3. The Hall–Kier alpha value is -0.670. The number of benzene rings is 1. The van der Waals surface area contributed by atoms with Gasteiger partial charge in [0.25, 0.3) is 0 Å². The third-order valence-electron chi connectivity index (χ3n) is 3.44. The van der Waals surface area contributed by atoms with Gasteiger partial charge in [-0.3, -0.25) is 4.79 Å². The molecule has 0 unspecified atom stereocenters. The van der Waals surface area contributed by atoms with Crippen LogP contribution in [0.4, 0.5) is 0 Å². The van der Waals surface area contributed by atoms with Crippen LogP contribution in [0.2, 0.25) is 10.0 Å². The van der Waals surface area contributed by atoms with Gasteiger partial charge in [-0.05, 0) is 41.6 Å². The summed E-state index contributed by atoms with van der Waals surface area (Å²) in [6.07, 6.45) is 1.52. The van der Waals surface area contributed by atoms with E-state index in [4.69, 9.17) is 37.4 Å². The molecule has 122 valence electrons. The van der Waals surface area contributed by atoms with Crippen LogP contribution < -0.4 is 4.74 Å². The van der Waals surface area contributed by atoms with Crippen LogP contribution in [0.5, 0.6) is 5.75 Å². The fourth-order valence-electron chi connectivity index (χ4n) is 2.33. The van der Waals surface area contributed by atoms with E-state index in [9.17, 15) is 4.79 Å². The van der Waals surface area contributed by atoms with E-state index in [0.717, 1.165) is 3.57 Å². The second-order valence-electron chi connectivity index (χ2n) is 5.08. The van der Waals surface area contributed by atoms with Gasteiger partial charge in [-0.1, -0.05) is 23.2 Å². The van der Waals surface area contributed by atoms with Crippen molar-refractivity contribution in [1.82, 2.24) is 0 Å². The average Bonchev–Trinajstić information content (AvgIpc) is 2.92. The molecule has 0 aromatic heterocycles. The van der Waals surface area contributed by atoms with Crippen molar-refractivity contribution < 1.29 is 19.0 Å². The molecule has 0 saturated carbocycles. The number of ketones is 1. The zero-order valence-electron chi connectivity index (χ0n) is 12.1. The van der Waals surface area contributed by atoms with E-state index >= 15 is 0 Å². The number of Topliss-reactive ketones (excluding diaryl/α,β-unsaturated/α-hetero) is 1. The van der Waals surface area contributed by atoms with E-state index in [-0.39, 0.29) is 18.2 Å². The second kappa shape index (κ2) is 6.68.